The lowest BCUT2D eigenvalue weighted by molar-refractivity contribution is -0.140. The van der Waals surface area contributed by atoms with Gasteiger partial charge in [0.2, 0.25) is 11.8 Å². The van der Waals surface area contributed by atoms with Gasteiger partial charge in [-0.15, -0.1) is 0 Å². The fourth-order valence-corrected chi connectivity index (χ4v) is 6.42. The normalized spacial score (nSPS) is 11.9. The smallest absolute Gasteiger partial charge is 0.264 e. The number of sulfonamides is 1. The second kappa shape index (κ2) is 15.3. The molecule has 1 N–H and O–H groups in total. The molecule has 0 aliphatic heterocycles. The number of aryl methyl sites for hydroxylation is 1. The van der Waals surface area contributed by atoms with Gasteiger partial charge in [-0.2, -0.15) is 0 Å². The monoisotopic (exact) mass is 649 g/mol. The summed E-state index contributed by atoms with van der Waals surface area (Å²) in [6, 6.07) is 15.0. The average molecular weight is 651 g/mol. The van der Waals surface area contributed by atoms with E-state index in [4.69, 9.17) is 32.7 Å². The van der Waals surface area contributed by atoms with Crippen molar-refractivity contribution in [2.24, 2.45) is 0 Å². The van der Waals surface area contributed by atoms with Crippen LogP contribution in [0.4, 0.5) is 5.69 Å². The Morgan fingerprint density at radius 2 is 1.60 bits per heavy atom. The van der Waals surface area contributed by atoms with E-state index in [9.17, 15) is 18.0 Å². The zero-order valence-electron chi connectivity index (χ0n) is 24.9. The summed E-state index contributed by atoms with van der Waals surface area (Å²) in [6.45, 7) is 5.18. The summed E-state index contributed by atoms with van der Waals surface area (Å²) in [4.78, 5) is 28.9. The molecule has 0 aliphatic carbocycles. The van der Waals surface area contributed by atoms with Gasteiger partial charge in [0.1, 0.15) is 24.1 Å². The second-order valence-corrected chi connectivity index (χ2v) is 12.5. The van der Waals surface area contributed by atoms with Crippen LogP contribution in [0, 0.1) is 6.92 Å². The van der Waals surface area contributed by atoms with Crippen molar-refractivity contribution in [3.8, 4) is 11.5 Å². The van der Waals surface area contributed by atoms with Crippen LogP contribution >= 0.6 is 23.2 Å². The van der Waals surface area contributed by atoms with Crippen molar-refractivity contribution in [1.82, 2.24) is 10.2 Å². The van der Waals surface area contributed by atoms with Gasteiger partial charge in [-0.05, 0) is 56.2 Å². The van der Waals surface area contributed by atoms with Crippen LogP contribution < -0.4 is 19.1 Å². The molecule has 12 heteroatoms. The number of hydrogen-bond donors (Lipinski definition) is 1. The van der Waals surface area contributed by atoms with E-state index in [1.165, 1.54) is 37.3 Å². The maximum atomic E-state index is 14.3. The van der Waals surface area contributed by atoms with Gasteiger partial charge in [0.15, 0.2) is 0 Å². The molecular weight excluding hydrogens is 613 g/mol. The first-order valence-electron chi connectivity index (χ1n) is 13.8. The van der Waals surface area contributed by atoms with Gasteiger partial charge in [-0.3, -0.25) is 13.9 Å². The van der Waals surface area contributed by atoms with Crippen LogP contribution in [0.5, 0.6) is 11.5 Å². The lowest BCUT2D eigenvalue weighted by Gasteiger charge is -2.34. The number of rotatable bonds is 14. The molecule has 0 saturated carbocycles. The fourth-order valence-electron chi connectivity index (χ4n) is 4.48. The van der Waals surface area contributed by atoms with Crippen molar-refractivity contribution in [3.05, 3.63) is 81.8 Å². The molecule has 232 valence electrons. The highest BCUT2D eigenvalue weighted by molar-refractivity contribution is 7.92. The number of carbonyl (C=O) groups is 2. The molecular formula is C31H37Cl2N3O6S. The Hall–Kier alpha value is -3.47. The number of nitrogens with zero attached hydrogens (tertiary/aromatic N) is 2. The van der Waals surface area contributed by atoms with Gasteiger partial charge in [0.05, 0.1) is 24.8 Å². The molecule has 0 fully saturated rings. The summed E-state index contributed by atoms with van der Waals surface area (Å²) in [5, 5.41) is 3.47. The van der Waals surface area contributed by atoms with Crippen molar-refractivity contribution >= 4 is 50.7 Å². The van der Waals surface area contributed by atoms with Crippen LogP contribution in [0.1, 0.15) is 37.8 Å². The highest BCUT2D eigenvalue weighted by Gasteiger charge is 2.35. The standard InChI is InChI=1S/C31H37Cl2N3O6S/c1-6-17-34-31(38)27(7-2)35(19-24-25(32)9-8-10-26(24)33)30(37)20-36(28-18-22(41-4)13-16-29(28)42-5)43(39,40)23-14-11-21(3)12-15-23/h8-16,18,27H,6-7,17,19-20H2,1-5H3,(H,34,38)/t27-/m1/s1. The van der Waals surface area contributed by atoms with E-state index in [0.717, 1.165) is 9.87 Å². The maximum Gasteiger partial charge on any atom is 0.264 e. The molecule has 2 amide bonds. The molecule has 0 aliphatic rings. The van der Waals surface area contributed by atoms with Crippen molar-refractivity contribution in [2.75, 3.05) is 31.6 Å². The predicted molar refractivity (Wildman–Crippen MR) is 170 cm³/mol. The molecule has 3 aromatic rings. The van der Waals surface area contributed by atoms with Crippen molar-refractivity contribution in [2.45, 2.75) is 51.1 Å². The number of nitrogens with one attached hydrogen (secondary N) is 1. The highest BCUT2D eigenvalue weighted by atomic mass is 35.5. The number of ether oxygens (including phenoxy) is 2. The van der Waals surface area contributed by atoms with Crippen LogP contribution in [-0.4, -0.2) is 58.5 Å². The van der Waals surface area contributed by atoms with Gasteiger partial charge in [-0.25, -0.2) is 8.42 Å². The van der Waals surface area contributed by atoms with E-state index in [-0.39, 0.29) is 35.2 Å². The van der Waals surface area contributed by atoms with Crippen LogP contribution in [0.25, 0.3) is 0 Å². The zero-order chi connectivity index (χ0) is 31.7. The quantitative estimate of drug-likeness (QED) is 0.235. The van der Waals surface area contributed by atoms with Gasteiger partial charge in [-0.1, -0.05) is 60.8 Å². The molecule has 0 bridgehead atoms. The molecule has 0 radical (unpaired) electrons. The molecule has 3 aromatic carbocycles. The summed E-state index contributed by atoms with van der Waals surface area (Å²) in [5.74, 6) is -0.446. The summed E-state index contributed by atoms with van der Waals surface area (Å²) in [5.41, 5.74) is 1.40. The highest BCUT2D eigenvalue weighted by Crippen LogP contribution is 2.36. The number of anilines is 1. The third-order valence-corrected chi connectivity index (χ3v) is 9.35. The van der Waals surface area contributed by atoms with Gasteiger partial charge in [0, 0.05) is 34.8 Å². The number of carbonyl (C=O) groups excluding carboxylic acids is 2. The molecule has 0 aromatic heterocycles. The summed E-state index contributed by atoms with van der Waals surface area (Å²) >= 11 is 12.9. The van der Waals surface area contributed by atoms with E-state index >= 15 is 0 Å². The molecule has 0 saturated heterocycles. The Kier molecular flexibility index (Phi) is 12.1. The lowest BCUT2D eigenvalue weighted by atomic mass is 10.1. The summed E-state index contributed by atoms with van der Waals surface area (Å²) in [7, 11) is -1.46. The molecule has 0 heterocycles. The minimum absolute atomic E-state index is 0.0239. The topological polar surface area (TPSA) is 105 Å². The predicted octanol–water partition coefficient (Wildman–Crippen LogP) is 5.85. The number of benzene rings is 3. The Labute approximate surface area is 263 Å². The van der Waals surface area contributed by atoms with E-state index in [1.54, 1.807) is 49.4 Å². The number of amides is 2. The third kappa shape index (κ3) is 8.13. The molecule has 9 nitrogen and oxygen atoms in total. The fraction of sp³-hybridized carbons (Fsp3) is 0.355. The number of hydrogen-bond acceptors (Lipinski definition) is 6. The number of methoxy groups -OCH3 is 2. The second-order valence-electron chi connectivity index (χ2n) is 9.80. The Morgan fingerprint density at radius 1 is 0.953 bits per heavy atom. The summed E-state index contributed by atoms with van der Waals surface area (Å²) in [6.07, 6.45) is 0.960. The molecule has 0 spiro atoms. The Morgan fingerprint density at radius 3 is 2.16 bits per heavy atom. The van der Waals surface area contributed by atoms with Crippen LogP contribution in [0.3, 0.4) is 0 Å². The minimum Gasteiger partial charge on any atom is -0.497 e. The van der Waals surface area contributed by atoms with Crippen molar-refractivity contribution in [3.63, 3.8) is 0 Å². The van der Waals surface area contributed by atoms with Crippen LogP contribution in [0.2, 0.25) is 10.0 Å². The van der Waals surface area contributed by atoms with Crippen molar-refractivity contribution < 1.29 is 27.5 Å². The first-order chi connectivity index (χ1) is 20.5. The van der Waals surface area contributed by atoms with Crippen LogP contribution in [-0.2, 0) is 26.2 Å². The SMILES string of the molecule is CCCNC(=O)[C@@H](CC)N(Cc1c(Cl)cccc1Cl)C(=O)CN(c1cc(OC)ccc1OC)S(=O)(=O)c1ccc(C)cc1. The molecule has 0 unspecified atom stereocenters. The third-order valence-electron chi connectivity index (χ3n) is 6.87. The molecule has 1 atom stereocenters. The van der Waals surface area contributed by atoms with E-state index in [2.05, 4.69) is 5.32 Å². The van der Waals surface area contributed by atoms with E-state index in [0.29, 0.717) is 34.3 Å². The first-order valence-corrected chi connectivity index (χ1v) is 16.0. The largest absolute Gasteiger partial charge is 0.497 e. The molecule has 43 heavy (non-hydrogen) atoms. The van der Waals surface area contributed by atoms with Gasteiger partial charge in [0.25, 0.3) is 10.0 Å². The molecule has 3 rings (SSSR count). The average Bonchev–Trinajstić information content (AvgIpc) is 2.99. The lowest BCUT2D eigenvalue weighted by Crippen LogP contribution is -2.52. The number of halogens is 2. The van der Waals surface area contributed by atoms with Gasteiger partial charge >= 0.3 is 0 Å². The van der Waals surface area contributed by atoms with E-state index < -0.39 is 28.5 Å². The Balaban J connectivity index is 2.18. The minimum atomic E-state index is -4.32. The Bertz CT molecular complexity index is 1510. The summed E-state index contributed by atoms with van der Waals surface area (Å²) < 4.78 is 40.2. The van der Waals surface area contributed by atoms with Gasteiger partial charge < -0.3 is 19.7 Å². The zero-order valence-corrected chi connectivity index (χ0v) is 27.2. The van der Waals surface area contributed by atoms with Crippen molar-refractivity contribution in [1.29, 1.82) is 0 Å². The van der Waals surface area contributed by atoms with Crippen LogP contribution in [0.15, 0.2) is 65.6 Å². The maximum absolute atomic E-state index is 14.3. The first kappa shape index (κ1) is 34.0. The van der Waals surface area contributed by atoms with E-state index in [1.807, 2.05) is 13.8 Å².